The van der Waals surface area contributed by atoms with Crippen LogP contribution in [0.3, 0.4) is 0 Å². The fourth-order valence-electron chi connectivity index (χ4n) is 1.65. The summed E-state index contributed by atoms with van der Waals surface area (Å²) in [6.45, 7) is 0.598. The average Bonchev–Trinajstić information content (AvgIpc) is 2.30. The van der Waals surface area contributed by atoms with E-state index in [9.17, 15) is 9.18 Å². The minimum absolute atomic E-state index is 0.259. The maximum Gasteiger partial charge on any atom is 0.335 e. The summed E-state index contributed by atoms with van der Waals surface area (Å²) in [6, 6.07) is 5.55. The van der Waals surface area contributed by atoms with Crippen molar-refractivity contribution >= 4 is 5.97 Å². The first-order valence-electron chi connectivity index (χ1n) is 4.90. The van der Waals surface area contributed by atoms with E-state index >= 15 is 0 Å². The van der Waals surface area contributed by atoms with E-state index in [4.69, 9.17) is 14.6 Å². The van der Waals surface area contributed by atoms with Crippen LogP contribution in [-0.4, -0.2) is 30.4 Å². The third-order valence-corrected chi connectivity index (χ3v) is 2.40. The summed E-state index contributed by atoms with van der Waals surface area (Å²) in [5, 5.41) is 8.95. The molecule has 0 spiro atoms. The van der Waals surface area contributed by atoms with Crippen molar-refractivity contribution in [3.05, 3.63) is 35.6 Å². The van der Waals surface area contributed by atoms with Crippen LogP contribution in [0.1, 0.15) is 11.7 Å². The lowest BCUT2D eigenvalue weighted by atomic mass is 10.0. The Kier molecular flexibility index (Phi) is 3.17. The van der Waals surface area contributed by atoms with Gasteiger partial charge in [-0.1, -0.05) is 12.1 Å². The molecule has 0 aromatic heterocycles. The van der Waals surface area contributed by atoms with E-state index in [1.807, 2.05) is 0 Å². The Morgan fingerprint density at radius 2 is 1.88 bits per heavy atom. The van der Waals surface area contributed by atoms with Gasteiger partial charge in [0.1, 0.15) is 11.9 Å². The minimum Gasteiger partial charge on any atom is -0.479 e. The fourth-order valence-corrected chi connectivity index (χ4v) is 1.65. The average molecular weight is 226 g/mol. The highest BCUT2D eigenvalue weighted by Crippen LogP contribution is 2.26. The van der Waals surface area contributed by atoms with Gasteiger partial charge in [-0.3, -0.25) is 0 Å². The molecule has 1 aromatic rings. The molecule has 1 aliphatic heterocycles. The van der Waals surface area contributed by atoms with Crippen LogP contribution in [0, 0.1) is 5.82 Å². The maximum atomic E-state index is 12.7. The maximum absolute atomic E-state index is 12.7. The van der Waals surface area contributed by atoms with Crippen LogP contribution >= 0.6 is 0 Å². The molecule has 1 heterocycles. The summed E-state index contributed by atoms with van der Waals surface area (Å²) in [5.74, 6) is -1.44. The third kappa shape index (κ3) is 2.20. The van der Waals surface area contributed by atoms with E-state index < -0.39 is 18.2 Å². The molecule has 0 amide bonds. The first kappa shape index (κ1) is 11.0. The summed E-state index contributed by atoms with van der Waals surface area (Å²) in [5.41, 5.74) is 0.605. The van der Waals surface area contributed by atoms with Gasteiger partial charge in [0, 0.05) is 0 Å². The smallest absolute Gasteiger partial charge is 0.335 e. The van der Waals surface area contributed by atoms with Crippen LogP contribution in [0.2, 0.25) is 0 Å². The minimum atomic E-state index is -1.07. The predicted molar refractivity (Wildman–Crippen MR) is 52.5 cm³/mol. The second-order valence-electron chi connectivity index (χ2n) is 3.47. The molecular formula is C11H11FO4. The van der Waals surface area contributed by atoms with Crippen LogP contribution in [0.15, 0.2) is 24.3 Å². The largest absolute Gasteiger partial charge is 0.479 e. The van der Waals surface area contributed by atoms with E-state index in [-0.39, 0.29) is 12.4 Å². The fraction of sp³-hybridized carbons (Fsp3) is 0.364. The molecule has 0 radical (unpaired) electrons. The van der Waals surface area contributed by atoms with Crippen LogP contribution in [-0.2, 0) is 14.3 Å². The summed E-state index contributed by atoms with van der Waals surface area (Å²) >= 11 is 0. The standard InChI is InChI=1S/C11H11FO4/c12-8-3-1-7(2-4-8)9-10(11(13)14)16-6-5-15-9/h1-4,9-10H,5-6H2,(H,13,14)/t9-,10-/m1/s1. The lowest BCUT2D eigenvalue weighted by Gasteiger charge is -2.29. The number of aliphatic carboxylic acids is 1. The highest BCUT2D eigenvalue weighted by Gasteiger charge is 2.34. The van der Waals surface area contributed by atoms with Crippen LogP contribution in [0.4, 0.5) is 4.39 Å². The number of ether oxygens (including phenoxy) is 2. The first-order chi connectivity index (χ1) is 7.68. The van der Waals surface area contributed by atoms with Gasteiger partial charge < -0.3 is 14.6 Å². The zero-order valence-corrected chi connectivity index (χ0v) is 8.43. The van der Waals surface area contributed by atoms with Gasteiger partial charge in [0.05, 0.1) is 13.2 Å². The van der Waals surface area contributed by atoms with E-state index in [0.717, 1.165) is 0 Å². The molecule has 1 N–H and O–H groups in total. The van der Waals surface area contributed by atoms with Crippen molar-refractivity contribution in [1.29, 1.82) is 0 Å². The second kappa shape index (κ2) is 4.59. The van der Waals surface area contributed by atoms with E-state index in [1.165, 1.54) is 24.3 Å². The van der Waals surface area contributed by atoms with Crippen molar-refractivity contribution in [1.82, 2.24) is 0 Å². The van der Waals surface area contributed by atoms with Crippen molar-refractivity contribution in [2.24, 2.45) is 0 Å². The van der Waals surface area contributed by atoms with Gasteiger partial charge in [0.2, 0.25) is 0 Å². The molecule has 1 aliphatic rings. The molecule has 0 saturated carbocycles. The number of carboxylic acid groups (broad SMARTS) is 1. The Labute approximate surface area is 91.6 Å². The highest BCUT2D eigenvalue weighted by atomic mass is 19.1. The van der Waals surface area contributed by atoms with E-state index in [0.29, 0.717) is 12.2 Å². The summed E-state index contributed by atoms with van der Waals surface area (Å²) in [6.07, 6.45) is -1.70. The van der Waals surface area contributed by atoms with Gasteiger partial charge in [-0.15, -0.1) is 0 Å². The Bertz CT molecular complexity index is 376. The molecule has 86 valence electrons. The van der Waals surface area contributed by atoms with Crippen molar-refractivity contribution in [2.75, 3.05) is 13.2 Å². The van der Waals surface area contributed by atoms with Crippen LogP contribution < -0.4 is 0 Å². The Hall–Kier alpha value is -1.46. The Morgan fingerprint density at radius 3 is 2.50 bits per heavy atom. The zero-order valence-electron chi connectivity index (χ0n) is 8.43. The van der Waals surface area contributed by atoms with Gasteiger partial charge in [-0.05, 0) is 17.7 Å². The lowest BCUT2D eigenvalue weighted by Crippen LogP contribution is -2.38. The topological polar surface area (TPSA) is 55.8 Å². The monoisotopic (exact) mass is 226 g/mol. The van der Waals surface area contributed by atoms with Crippen LogP contribution in [0.5, 0.6) is 0 Å². The molecular weight excluding hydrogens is 215 g/mol. The van der Waals surface area contributed by atoms with Crippen molar-refractivity contribution in [2.45, 2.75) is 12.2 Å². The molecule has 5 heteroatoms. The number of carbonyl (C=O) groups is 1. The molecule has 1 saturated heterocycles. The predicted octanol–water partition coefficient (Wildman–Crippen LogP) is 1.37. The molecule has 2 rings (SSSR count). The van der Waals surface area contributed by atoms with Gasteiger partial charge in [0.15, 0.2) is 6.10 Å². The highest BCUT2D eigenvalue weighted by molar-refractivity contribution is 5.73. The van der Waals surface area contributed by atoms with Gasteiger partial charge in [-0.2, -0.15) is 0 Å². The van der Waals surface area contributed by atoms with E-state index in [2.05, 4.69) is 0 Å². The number of rotatable bonds is 2. The van der Waals surface area contributed by atoms with E-state index in [1.54, 1.807) is 0 Å². The van der Waals surface area contributed by atoms with Gasteiger partial charge >= 0.3 is 5.97 Å². The summed E-state index contributed by atoms with van der Waals surface area (Å²) in [7, 11) is 0. The zero-order chi connectivity index (χ0) is 11.5. The number of hydrogen-bond donors (Lipinski definition) is 1. The first-order valence-corrected chi connectivity index (χ1v) is 4.90. The molecule has 0 bridgehead atoms. The summed E-state index contributed by atoms with van der Waals surface area (Å²) in [4.78, 5) is 10.9. The normalized spacial score (nSPS) is 25.3. The molecule has 1 aromatic carbocycles. The summed E-state index contributed by atoms with van der Waals surface area (Å²) < 4.78 is 23.2. The number of benzene rings is 1. The SMILES string of the molecule is O=C(O)[C@@H]1OCCO[C@@H]1c1ccc(F)cc1. The van der Waals surface area contributed by atoms with Crippen molar-refractivity contribution in [3.8, 4) is 0 Å². The number of hydrogen-bond acceptors (Lipinski definition) is 3. The lowest BCUT2D eigenvalue weighted by molar-refractivity contribution is -0.181. The second-order valence-corrected chi connectivity index (χ2v) is 3.47. The molecule has 0 unspecified atom stereocenters. The third-order valence-electron chi connectivity index (χ3n) is 2.40. The quantitative estimate of drug-likeness (QED) is 0.827. The van der Waals surface area contributed by atoms with Crippen LogP contribution in [0.25, 0.3) is 0 Å². The molecule has 1 fully saturated rings. The number of carboxylic acids is 1. The molecule has 16 heavy (non-hydrogen) atoms. The molecule has 0 aliphatic carbocycles. The molecule has 4 nitrogen and oxygen atoms in total. The number of halogens is 1. The van der Waals surface area contributed by atoms with Crippen molar-refractivity contribution < 1.29 is 23.8 Å². The van der Waals surface area contributed by atoms with Gasteiger partial charge in [-0.25, -0.2) is 9.18 Å². The van der Waals surface area contributed by atoms with Gasteiger partial charge in [0.25, 0.3) is 0 Å². The molecule has 2 atom stereocenters. The Balaban J connectivity index is 2.23. The Morgan fingerprint density at radius 1 is 1.25 bits per heavy atom. The van der Waals surface area contributed by atoms with Crippen molar-refractivity contribution in [3.63, 3.8) is 0 Å².